The van der Waals surface area contributed by atoms with Crippen molar-refractivity contribution in [3.05, 3.63) is 23.3 Å². The Bertz CT molecular complexity index is 442. The normalized spacial score (nSPS) is 12.7. The van der Waals surface area contributed by atoms with Gasteiger partial charge in [-0.15, -0.1) is 13.2 Å². The second kappa shape index (κ2) is 4.90. The van der Waals surface area contributed by atoms with Gasteiger partial charge >= 0.3 is 12.5 Å². The lowest BCUT2D eigenvalue weighted by atomic mass is 10.2. The van der Waals surface area contributed by atoms with Crippen molar-refractivity contribution in [2.75, 3.05) is 0 Å². The summed E-state index contributed by atoms with van der Waals surface area (Å²) in [6.45, 7) is 0. The van der Waals surface area contributed by atoms with Crippen molar-refractivity contribution in [1.82, 2.24) is 4.98 Å². The fourth-order valence-electron chi connectivity index (χ4n) is 1.02. The molecule has 0 aliphatic rings. The van der Waals surface area contributed by atoms with Crippen LogP contribution in [-0.4, -0.2) is 11.3 Å². The van der Waals surface area contributed by atoms with Crippen molar-refractivity contribution in [1.29, 1.82) is 0 Å². The van der Waals surface area contributed by atoms with Gasteiger partial charge in [-0.05, 0) is 0 Å². The van der Waals surface area contributed by atoms with Gasteiger partial charge in [0.25, 0.3) is 0 Å². The van der Waals surface area contributed by atoms with E-state index in [0.29, 0.717) is 0 Å². The number of alkyl halides is 7. The number of nitrogens with zero attached hydrogens (tertiary/aromatic N) is 1. The maximum Gasteiger partial charge on any atom is 0.573 e. The third-order valence-corrected chi connectivity index (χ3v) is 2.17. The Balaban J connectivity index is 3.28. The lowest BCUT2D eigenvalue weighted by molar-refractivity contribution is -0.275. The first-order chi connectivity index (χ1) is 8.04. The molecule has 0 radical (unpaired) electrons. The van der Waals surface area contributed by atoms with E-state index >= 15 is 0 Å². The molecular weight excluding hydrogens is 339 g/mol. The highest BCUT2D eigenvalue weighted by Gasteiger charge is 2.39. The number of pyridine rings is 1. The van der Waals surface area contributed by atoms with E-state index in [4.69, 9.17) is 0 Å². The molecule has 0 amide bonds. The van der Waals surface area contributed by atoms with E-state index in [9.17, 15) is 30.7 Å². The molecule has 0 fully saturated rings. The summed E-state index contributed by atoms with van der Waals surface area (Å²) in [7, 11) is 0. The van der Waals surface area contributed by atoms with Crippen LogP contribution in [0.1, 0.15) is 11.4 Å². The molecule has 0 atom stereocenters. The topological polar surface area (TPSA) is 22.1 Å². The SMILES string of the molecule is Fc1cc(OC(F)(F)F)c(CBr)nc1C(F)(F)F. The summed E-state index contributed by atoms with van der Waals surface area (Å²) >= 11 is 2.64. The number of rotatable bonds is 2. The quantitative estimate of drug-likeness (QED) is 0.598. The summed E-state index contributed by atoms with van der Waals surface area (Å²) < 4.78 is 88.9. The Labute approximate surface area is 104 Å². The molecule has 0 aliphatic carbocycles. The van der Waals surface area contributed by atoms with Gasteiger partial charge in [0.1, 0.15) is 0 Å². The average Bonchev–Trinajstić information content (AvgIpc) is 2.13. The molecule has 0 saturated heterocycles. The van der Waals surface area contributed by atoms with Crippen LogP contribution >= 0.6 is 15.9 Å². The van der Waals surface area contributed by atoms with E-state index in [1.807, 2.05) is 0 Å². The molecule has 102 valence electrons. The average molecular weight is 342 g/mol. The zero-order chi connectivity index (χ0) is 14.1. The first-order valence-electron chi connectivity index (χ1n) is 4.13. The fourth-order valence-corrected chi connectivity index (χ4v) is 1.42. The van der Waals surface area contributed by atoms with Gasteiger partial charge in [0, 0.05) is 11.4 Å². The van der Waals surface area contributed by atoms with Gasteiger partial charge in [0.05, 0.1) is 5.69 Å². The summed E-state index contributed by atoms with van der Waals surface area (Å²) in [5, 5.41) is -0.457. The molecule has 2 nitrogen and oxygen atoms in total. The standard InChI is InChI=1S/C8H3BrF7NO/c9-2-4-5(18-8(14,15)16)1-3(10)6(17-4)7(11,12)13/h1H,2H2. The van der Waals surface area contributed by atoms with E-state index in [2.05, 4.69) is 25.7 Å². The summed E-state index contributed by atoms with van der Waals surface area (Å²) in [6.07, 6.45) is -10.2. The van der Waals surface area contributed by atoms with Gasteiger partial charge in [-0.25, -0.2) is 9.37 Å². The summed E-state index contributed by atoms with van der Waals surface area (Å²) in [5.74, 6) is -3.06. The van der Waals surface area contributed by atoms with Crippen molar-refractivity contribution in [2.24, 2.45) is 0 Å². The van der Waals surface area contributed by atoms with Crippen LogP contribution < -0.4 is 4.74 Å². The van der Waals surface area contributed by atoms with E-state index in [1.165, 1.54) is 0 Å². The van der Waals surface area contributed by atoms with Crippen LogP contribution in [0.25, 0.3) is 0 Å². The molecule has 18 heavy (non-hydrogen) atoms. The zero-order valence-corrected chi connectivity index (χ0v) is 9.75. The number of hydrogen-bond acceptors (Lipinski definition) is 2. The number of hydrogen-bond donors (Lipinski definition) is 0. The largest absolute Gasteiger partial charge is 0.573 e. The van der Waals surface area contributed by atoms with Gasteiger partial charge in [0.2, 0.25) is 0 Å². The molecule has 10 heteroatoms. The molecule has 1 rings (SSSR count). The maximum absolute atomic E-state index is 13.0. The third kappa shape index (κ3) is 3.72. The minimum atomic E-state index is -5.15. The Morgan fingerprint density at radius 3 is 2.11 bits per heavy atom. The lowest BCUT2D eigenvalue weighted by Crippen LogP contribution is -2.20. The number of ether oxygens (including phenoxy) is 1. The van der Waals surface area contributed by atoms with Gasteiger partial charge in [-0.1, -0.05) is 15.9 Å². The number of halogens is 8. The van der Waals surface area contributed by atoms with E-state index in [0.717, 1.165) is 0 Å². The molecule has 1 aromatic heterocycles. The van der Waals surface area contributed by atoms with E-state index < -0.39 is 40.8 Å². The summed E-state index contributed by atoms with van der Waals surface area (Å²) in [4.78, 5) is 2.77. The Morgan fingerprint density at radius 2 is 1.72 bits per heavy atom. The van der Waals surface area contributed by atoms with Crippen molar-refractivity contribution >= 4 is 15.9 Å². The molecule has 0 unspecified atom stereocenters. The smallest absolute Gasteiger partial charge is 0.404 e. The van der Waals surface area contributed by atoms with Gasteiger partial charge < -0.3 is 4.74 Å². The molecule has 0 aromatic carbocycles. The van der Waals surface area contributed by atoms with Crippen molar-refractivity contribution in [3.8, 4) is 5.75 Å². The first kappa shape index (κ1) is 15.0. The molecule has 0 spiro atoms. The molecule has 0 bridgehead atoms. The predicted molar refractivity (Wildman–Crippen MR) is 48.5 cm³/mol. The van der Waals surface area contributed by atoms with Crippen LogP contribution in [0.4, 0.5) is 30.7 Å². The fraction of sp³-hybridized carbons (Fsp3) is 0.375. The molecule has 1 aromatic rings. The van der Waals surface area contributed by atoms with E-state index in [1.54, 1.807) is 0 Å². The van der Waals surface area contributed by atoms with Crippen LogP contribution in [0.2, 0.25) is 0 Å². The van der Waals surface area contributed by atoms with Crippen LogP contribution in [0.3, 0.4) is 0 Å². The van der Waals surface area contributed by atoms with Crippen LogP contribution in [0.15, 0.2) is 6.07 Å². The number of aromatic nitrogens is 1. The molecule has 0 saturated carbocycles. The molecule has 1 heterocycles. The minimum Gasteiger partial charge on any atom is -0.404 e. The Kier molecular flexibility index (Phi) is 4.08. The van der Waals surface area contributed by atoms with E-state index in [-0.39, 0.29) is 6.07 Å². The van der Waals surface area contributed by atoms with Crippen LogP contribution in [0, 0.1) is 5.82 Å². The predicted octanol–water partition coefficient (Wildman–Crippen LogP) is 4.03. The van der Waals surface area contributed by atoms with Gasteiger partial charge in [0.15, 0.2) is 17.3 Å². The molecular formula is C8H3BrF7NO. The van der Waals surface area contributed by atoms with Crippen LogP contribution in [0.5, 0.6) is 5.75 Å². The Hall–Kier alpha value is -1.06. The second-order valence-electron chi connectivity index (χ2n) is 2.94. The zero-order valence-electron chi connectivity index (χ0n) is 8.16. The highest BCUT2D eigenvalue weighted by molar-refractivity contribution is 9.08. The third-order valence-electron chi connectivity index (χ3n) is 1.64. The minimum absolute atomic E-state index is 0.0000926. The highest BCUT2D eigenvalue weighted by Crippen LogP contribution is 2.34. The monoisotopic (exact) mass is 341 g/mol. The molecule has 0 N–H and O–H groups in total. The first-order valence-corrected chi connectivity index (χ1v) is 5.25. The van der Waals surface area contributed by atoms with Crippen molar-refractivity contribution in [2.45, 2.75) is 17.9 Å². The summed E-state index contributed by atoms with van der Waals surface area (Å²) in [6, 6.07) is -0.0000926. The molecule has 0 aliphatic heterocycles. The van der Waals surface area contributed by atoms with Crippen LogP contribution in [-0.2, 0) is 11.5 Å². The second-order valence-corrected chi connectivity index (χ2v) is 3.50. The highest BCUT2D eigenvalue weighted by atomic mass is 79.9. The maximum atomic E-state index is 13.0. The van der Waals surface area contributed by atoms with Crippen molar-refractivity contribution in [3.63, 3.8) is 0 Å². The van der Waals surface area contributed by atoms with Gasteiger partial charge in [-0.2, -0.15) is 13.2 Å². The Morgan fingerprint density at radius 1 is 1.17 bits per heavy atom. The summed E-state index contributed by atoms with van der Waals surface area (Å²) in [5.41, 5.74) is -2.60. The lowest BCUT2D eigenvalue weighted by Gasteiger charge is -2.14. The van der Waals surface area contributed by atoms with Crippen molar-refractivity contribution < 1.29 is 35.5 Å². The van der Waals surface area contributed by atoms with Gasteiger partial charge in [-0.3, -0.25) is 0 Å².